The fourth-order valence-corrected chi connectivity index (χ4v) is 2.93. The number of hydrogen-bond donors (Lipinski definition) is 1. The van der Waals surface area contributed by atoms with Gasteiger partial charge in [0.1, 0.15) is 11.5 Å². The molecule has 0 atom stereocenters. The van der Waals surface area contributed by atoms with Crippen LogP contribution in [0.3, 0.4) is 0 Å². The summed E-state index contributed by atoms with van der Waals surface area (Å²) in [5.74, 6) is 1.01. The summed E-state index contributed by atoms with van der Waals surface area (Å²) in [6.07, 6.45) is 0. The molecule has 27 heavy (non-hydrogen) atoms. The number of carbonyl (C=O) groups is 1. The van der Waals surface area contributed by atoms with Gasteiger partial charge >= 0.3 is 0 Å². The molecule has 0 spiro atoms. The predicted molar refractivity (Wildman–Crippen MR) is 105 cm³/mol. The molecule has 1 amide bonds. The van der Waals surface area contributed by atoms with Crippen LogP contribution in [-0.4, -0.2) is 36.6 Å². The van der Waals surface area contributed by atoms with Crippen molar-refractivity contribution in [2.45, 2.75) is 13.5 Å². The van der Waals surface area contributed by atoms with E-state index >= 15 is 0 Å². The summed E-state index contributed by atoms with van der Waals surface area (Å²) in [7, 11) is 3.25. The first-order chi connectivity index (χ1) is 13.0. The van der Waals surface area contributed by atoms with E-state index < -0.39 is 0 Å². The Morgan fingerprint density at radius 3 is 2.67 bits per heavy atom. The van der Waals surface area contributed by atoms with E-state index in [0.717, 1.165) is 5.39 Å². The van der Waals surface area contributed by atoms with Gasteiger partial charge in [0.15, 0.2) is 0 Å². The number of hydrogen-bond acceptors (Lipinski definition) is 4. The molecule has 0 radical (unpaired) electrons. The Hall–Kier alpha value is -3.28. The third-order valence-corrected chi connectivity index (χ3v) is 4.30. The molecule has 6 nitrogen and oxygen atoms in total. The maximum Gasteiger partial charge on any atom is 0.257 e. The fourth-order valence-electron chi connectivity index (χ4n) is 2.93. The Balaban J connectivity index is 1.87. The molecule has 6 heteroatoms. The Labute approximate surface area is 157 Å². The van der Waals surface area contributed by atoms with Gasteiger partial charge in [0, 0.05) is 18.7 Å². The number of carbonyl (C=O) groups excluding carboxylic acids is 1. The SMILES string of the molecule is CCOc1ccccc1C(=O)N(C)Cc1cc2ccc(OC)cc2[nH]c1=O. The van der Waals surface area contributed by atoms with Crippen LogP contribution in [0.25, 0.3) is 10.9 Å². The zero-order valence-electron chi connectivity index (χ0n) is 15.6. The number of aromatic nitrogens is 1. The molecule has 0 aliphatic heterocycles. The topological polar surface area (TPSA) is 71.6 Å². The van der Waals surface area contributed by atoms with Crippen LogP contribution in [0.15, 0.2) is 53.3 Å². The first kappa shape index (κ1) is 18.5. The lowest BCUT2D eigenvalue weighted by Gasteiger charge is -2.19. The fraction of sp³-hybridized carbons (Fsp3) is 0.238. The number of amides is 1. The number of nitrogens with zero attached hydrogens (tertiary/aromatic N) is 1. The number of nitrogens with one attached hydrogen (secondary N) is 1. The summed E-state index contributed by atoms with van der Waals surface area (Å²) in [5, 5.41) is 0.876. The monoisotopic (exact) mass is 366 g/mol. The van der Waals surface area contributed by atoms with Crippen LogP contribution in [0.2, 0.25) is 0 Å². The van der Waals surface area contributed by atoms with Gasteiger partial charge in [-0.1, -0.05) is 12.1 Å². The second-order valence-electron chi connectivity index (χ2n) is 6.17. The van der Waals surface area contributed by atoms with Gasteiger partial charge in [-0.25, -0.2) is 0 Å². The van der Waals surface area contributed by atoms with Crippen molar-refractivity contribution in [3.63, 3.8) is 0 Å². The summed E-state index contributed by atoms with van der Waals surface area (Å²) >= 11 is 0. The van der Waals surface area contributed by atoms with Crippen LogP contribution in [0, 0.1) is 0 Å². The third kappa shape index (κ3) is 3.95. The van der Waals surface area contributed by atoms with Gasteiger partial charge in [0.25, 0.3) is 11.5 Å². The molecule has 3 aromatic rings. The summed E-state index contributed by atoms with van der Waals surface area (Å²) in [6.45, 7) is 2.53. The molecule has 1 heterocycles. The number of ether oxygens (including phenoxy) is 2. The molecule has 140 valence electrons. The van der Waals surface area contributed by atoms with Crippen LogP contribution in [0.4, 0.5) is 0 Å². The van der Waals surface area contributed by atoms with Gasteiger partial charge in [-0.3, -0.25) is 9.59 Å². The number of benzene rings is 2. The average molecular weight is 366 g/mol. The highest BCUT2D eigenvalue weighted by molar-refractivity contribution is 5.96. The predicted octanol–water partition coefficient (Wildman–Crippen LogP) is 3.21. The molecule has 0 fully saturated rings. The van der Waals surface area contributed by atoms with Crippen LogP contribution >= 0.6 is 0 Å². The van der Waals surface area contributed by atoms with Crippen LogP contribution in [0.1, 0.15) is 22.8 Å². The van der Waals surface area contributed by atoms with Gasteiger partial charge in [0.05, 0.1) is 31.3 Å². The molecule has 0 bridgehead atoms. The minimum Gasteiger partial charge on any atom is -0.497 e. The lowest BCUT2D eigenvalue weighted by atomic mass is 10.1. The normalized spacial score (nSPS) is 10.6. The van der Waals surface area contributed by atoms with E-state index in [1.165, 1.54) is 4.90 Å². The maximum absolute atomic E-state index is 12.8. The van der Waals surface area contributed by atoms with E-state index in [-0.39, 0.29) is 18.0 Å². The highest BCUT2D eigenvalue weighted by Gasteiger charge is 2.18. The number of aromatic amines is 1. The average Bonchev–Trinajstić information content (AvgIpc) is 2.68. The van der Waals surface area contributed by atoms with E-state index in [1.807, 2.05) is 25.1 Å². The molecule has 0 unspecified atom stereocenters. The lowest BCUT2D eigenvalue weighted by molar-refractivity contribution is 0.0780. The molecule has 1 N–H and O–H groups in total. The van der Waals surface area contributed by atoms with E-state index in [1.54, 1.807) is 44.5 Å². The molecule has 1 aromatic heterocycles. The number of rotatable bonds is 6. The van der Waals surface area contributed by atoms with Crippen molar-refractivity contribution in [1.29, 1.82) is 0 Å². The minimum atomic E-state index is -0.228. The van der Waals surface area contributed by atoms with E-state index in [0.29, 0.717) is 34.7 Å². The molecule has 0 saturated carbocycles. The molecule has 0 aliphatic carbocycles. The number of H-pyrrole nitrogens is 1. The first-order valence-electron chi connectivity index (χ1n) is 8.70. The second kappa shape index (κ2) is 7.95. The number of methoxy groups -OCH3 is 1. The minimum absolute atomic E-state index is 0.191. The van der Waals surface area contributed by atoms with E-state index in [2.05, 4.69) is 4.98 Å². The highest BCUT2D eigenvalue weighted by Crippen LogP contribution is 2.21. The van der Waals surface area contributed by atoms with Crippen molar-refractivity contribution in [1.82, 2.24) is 9.88 Å². The molecular weight excluding hydrogens is 344 g/mol. The van der Waals surface area contributed by atoms with E-state index in [9.17, 15) is 9.59 Å². The van der Waals surface area contributed by atoms with Gasteiger partial charge in [-0.05, 0) is 42.6 Å². The second-order valence-corrected chi connectivity index (χ2v) is 6.17. The van der Waals surface area contributed by atoms with Crippen molar-refractivity contribution in [3.8, 4) is 11.5 Å². The number of para-hydroxylation sites is 1. The van der Waals surface area contributed by atoms with Crippen molar-refractivity contribution in [2.75, 3.05) is 20.8 Å². The van der Waals surface area contributed by atoms with Crippen LogP contribution < -0.4 is 15.0 Å². The lowest BCUT2D eigenvalue weighted by Crippen LogP contribution is -2.29. The van der Waals surface area contributed by atoms with Gasteiger partial charge in [-0.15, -0.1) is 0 Å². The molecule has 0 aliphatic rings. The Morgan fingerprint density at radius 1 is 1.15 bits per heavy atom. The first-order valence-corrected chi connectivity index (χ1v) is 8.70. The Bertz CT molecular complexity index is 1030. The zero-order chi connectivity index (χ0) is 19.4. The van der Waals surface area contributed by atoms with Gasteiger partial charge in [0.2, 0.25) is 0 Å². The van der Waals surface area contributed by atoms with Gasteiger partial charge < -0.3 is 19.4 Å². The van der Waals surface area contributed by atoms with Crippen LogP contribution in [0.5, 0.6) is 11.5 Å². The Morgan fingerprint density at radius 2 is 1.93 bits per heavy atom. The number of fused-ring (bicyclic) bond motifs is 1. The molecule has 3 rings (SSSR count). The molecule has 0 saturated heterocycles. The van der Waals surface area contributed by atoms with Crippen molar-refractivity contribution in [3.05, 3.63) is 70.0 Å². The summed E-state index contributed by atoms with van der Waals surface area (Å²) in [4.78, 5) is 29.6. The van der Waals surface area contributed by atoms with Crippen molar-refractivity contribution < 1.29 is 14.3 Å². The molecule has 2 aromatic carbocycles. The highest BCUT2D eigenvalue weighted by atomic mass is 16.5. The smallest absolute Gasteiger partial charge is 0.257 e. The quantitative estimate of drug-likeness (QED) is 0.727. The van der Waals surface area contributed by atoms with Crippen LogP contribution in [-0.2, 0) is 6.54 Å². The summed E-state index contributed by atoms with van der Waals surface area (Å²) in [6, 6.07) is 14.4. The van der Waals surface area contributed by atoms with E-state index in [4.69, 9.17) is 9.47 Å². The summed E-state index contributed by atoms with van der Waals surface area (Å²) in [5.41, 5.74) is 1.45. The zero-order valence-corrected chi connectivity index (χ0v) is 15.6. The summed E-state index contributed by atoms with van der Waals surface area (Å²) < 4.78 is 10.7. The van der Waals surface area contributed by atoms with Crippen molar-refractivity contribution in [2.24, 2.45) is 0 Å². The maximum atomic E-state index is 12.8. The Kier molecular flexibility index (Phi) is 5.45. The van der Waals surface area contributed by atoms with Crippen molar-refractivity contribution >= 4 is 16.8 Å². The third-order valence-electron chi connectivity index (χ3n) is 4.30. The number of pyridine rings is 1. The standard InChI is InChI=1S/C21H22N2O4/c1-4-27-19-8-6-5-7-17(19)21(25)23(2)13-15-11-14-9-10-16(26-3)12-18(14)22-20(15)24/h5-12H,4,13H2,1-3H3,(H,22,24). The van der Waals surface area contributed by atoms with Gasteiger partial charge in [-0.2, -0.15) is 0 Å². The largest absolute Gasteiger partial charge is 0.497 e. The molecular formula is C21H22N2O4.